The maximum atomic E-state index is 13.3. The summed E-state index contributed by atoms with van der Waals surface area (Å²) in [6.07, 6.45) is 3.19. The zero-order valence-electron chi connectivity index (χ0n) is 10.9. The fraction of sp³-hybridized carbons (Fsp3) is 0.600. The van der Waals surface area contributed by atoms with Gasteiger partial charge in [0.2, 0.25) is 0 Å². The Bertz CT molecular complexity index is 435. The lowest BCUT2D eigenvalue weighted by Gasteiger charge is -2.39. The first-order chi connectivity index (χ1) is 8.39. The second-order valence-corrected chi connectivity index (χ2v) is 6.69. The van der Waals surface area contributed by atoms with Crippen LogP contribution in [-0.4, -0.2) is 10.7 Å². The first-order valence-electron chi connectivity index (χ1n) is 6.56. The van der Waals surface area contributed by atoms with Crippen LogP contribution in [0.5, 0.6) is 0 Å². The molecule has 0 saturated heterocycles. The fourth-order valence-electron chi connectivity index (χ4n) is 2.88. The van der Waals surface area contributed by atoms with Gasteiger partial charge < -0.3 is 5.11 Å². The lowest BCUT2D eigenvalue weighted by atomic mass is 9.71. The molecule has 0 aliphatic heterocycles. The van der Waals surface area contributed by atoms with Crippen LogP contribution >= 0.6 is 15.9 Å². The van der Waals surface area contributed by atoms with E-state index in [9.17, 15) is 9.50 Å². The van der Waals surface area contributed by atoms with Crippen molar-refractivity contribution >= 4 is 15.9 Å². The van der Waals surface area contributed by atoms with Crippen molar-refractivity contribution in [2.45, 2.75) is 45.1 Å². The van der Waals surface area contributed by atoms with E-state index in [0.29, 0.717) is 18.3 Å². The maximum Gasteiger partial charge on any atom is 0.123 e. The molecule has 1 N–H and O–H groups in total. The molecule has 3 unspecified atom stereocenters. The molecule has 1 nitrogen and oxygen atoms in total. The van der Waals surface area contributed by atoms with Crippen LogP contribution in [0.3, 0.4) is 0 Å². The molecule has 0 aromatic heterocycles. The summed E-state index contributed by atoms with van der Waals surface area (Å²) in [6.45, 7) is 4.43. The van der Waals surface area contributed by atoms with Crippen LogP contribution in [0, 0.1) is 17.7 Å². The Hall–Kier alpha value is -0.410. The molecule has 1 aliphatic rings. The number of aliphatic hydroxyl groups is 1. The molecule has 0 heterocycles. The van der Waals surface area contributed by atoms with E-state index >= 15 is 0 Å². The summed E-state index contributed by atoms with van der Waals surface area (Å²) in [4.78, 5) is 0. The largest absolute Gasteiger partial charge is 0.390 e. The Kier molecular flexibility index (Phi) is 4.12. The van der Waals surface area contributed by atoms with Gasteiger partial charge >= 0.3 is 0 Å². The van der Waals surface area contributed by atoms with Crippen molar-refractivity contribution in [2.75, 3.05) is 0 Å². The smallest absolute Gasteiger partial charge is 0.123 e. The number of hydrogen-bond acceptors (Lipinski definition) is 1. The van der Waals surface area contributed by atoms with Gasteiger partial charge in [0.15, 0.2) is 0 Å². The molecule has 2 rings (SSSR count). The van der Waals surface area contributed by atoms with E-state index in [4.69, 9.17) is 0 Å². The molecular formula is C15H20BrFO. The minimum Gasteiger partial charge on any atom is -0.390 e. The second-order valence-electron chi connectivity index (χ2n) is 5.83. The quantitative estimate of drug-likeness (QED) is 0.862. The first-order valence-corrected chi connectivity index (χ1v) is 7.35. The van der Waals surface area contributed by atoms with Gasteiger partial charge in [0, 0.05) is 10.9 Å². The van der Waals surface area contributed by atoms with Gasteiger partial charge in [-0.3, -0.25) is 0 Å². The predicted octanol–water partition coefficient (Wildman–Crippen LogP) is 4.32. The highest BCUT2D eigenvalue weighted by Gasteiger charge is 2.36. The van der Waals surface area contributed by atoms with E-state index in [0.717, 1.165) is 29.3 Å². The van der Waals surface area contributed by atoms with Gasteiger partial charge in [0.25, 0.3) is 0 Å². The van der Waals surface area contributed by atoms with Crippen LogP contribution in [-0.2, 0) is 6.42 Å². The SMILES string of the molecule is CC1CCC(O)(Cc2cc(F)ccc2Br)CC1C. The van der Waals surface area contributed by atoms with Gasteiger partial charge in [-0.25, -0.2) is 4.39 Å². The Balaban J connectivity index is 2.15. The fourth-order valence-corrected chi connectivity index (χ4v) is 3.26. The minimum absolute atomic E-state index is 0.242. The van der Waals surface area contributed by atoms with Crippen LogP contribution in [0.2, 0.25) is 0 Å². The van der Waals surface area contributed by atoms with Crippen molar-refractivity contribution in [1.29, 1.82) is 0 Å². The van der Waals surface area contributed by atoms with Gasteiger partial charge in [0.05, 0.1) is 5.60 Å². The van der Waals surface area contributed by atoms with Crippen molar-refractivity contribution in [3.05, 3.63) is 34.1 Å². The van der Waals surface area contributed by atoms with Gasteiger partial charge in [-0.15, -0.1) is 0 Å². The molecule has 100 valence electrons. The molecule has 1 aromatic carbocycles. The lowest BCUT2D eigenvalue weighted by Crippen LogP contribution is -2.39. The van der Waals surface area contributed by atoms with Crippen LogP contribution in [0.25, 0.3) is 0 Å². The molecule has 0 radical (unpaired) electrons. The zero-order chi connectivity index (χ0) is 13.3. The van der Waals surface area contributed by atoms with E-state index in [1.807, 2.05) is 0 Å². The molecule has 3 atom stereocenters. The van der Waals surface area contributed by atoms with Gasteiger partial charge in [-0.2, -0.15) is 0 Å². The highest BCUT2D eigenvalue weighted by molar-refractivity contribution is 9.10. The average Bonchev–Trinajstić information content (AvgIpc) is 2.29. The third kappa shape index (κ3) is 3.12. The summed E-state index contributed by atoms with van der Waals surface area (Å²) >= 11 is 3.43. The molecule has 0 amide bonds. The Morgan fingerprint density at radius 3 is 2.78 bits per heavy atom. The van der Waals surface area contributed by atoms with E-state index in [2.05, 4.69) is 29.8 Å². The number of hydrogen-bond donors (Lipinski definition) is 1. The van der Waals surface area contributed by atoms with Crippen LogP contribution in [0.4, 0.5) is 4.39 Å². The van der Waals surface area contributed by atoms with Crippen LogP contribution < -0.4 is 0 Å². The van der Waals surface area contributed by atoms with E-state index in [1.165, 1.54) is 12.1 Å². The van der Waals surface area contributed by atoms with Crippen molar-refractivity contribution in [3.8, 4) is 0 Å². The normalized spacial score (nSPS) is 32.5. The van der Waals surface area contributed by atoms with Crippen molar-refractivity contribution in [1.82, 2.24) is 0 Å². The highest BCUT2D eigenvalue weighted by Crippen LogP contribution is 2.39. The minimum atomic E-state index is -0.678. The zero-order valence-corrected chi connectivity index (χ0v) is 12.5. The predicted molar refractivity (Wildman–Crippen MR) is 74.9 cm³/mol. The Morgan fingerprint density at radius 2 is 2.11 bits per heavy atom. The molecule has 0 bridgehead atoms. The molecule has 18 heavy (non-hydrogen) atoms. The summed E-state index contributed by atoms with van der Waals surface area (Å²) in [7, 11) is 0. The number of halogens is 2. The second kappa shape index (κ2) is 5.30. The first kappa shape index (κ1) is 14.0. The van der Waals surface area contributed by atoms with Crippen molar-refractivity contribution in [2.24, 2.45) is 11.8 Å². The average molecular weight is 315 g/mol. The van der Waals surface area contributed by atoms with Crippen molar-refractivity contribution < 1.29 is 9.50 Å². The standard InChI is InChI=1S/C15H20BrFO/c1-10-5-6-15(18,8-11(10)2)9-12-7-13(17)3-4-14(12)16/h3-4,7,10-11,18H,5-6,8-9H2,1-2H3. The van der Waals surface area contributed by atoms with E-state index in [1.54, 1.807) is 6.07 Å². The molecule has 3 heteroatoms. The van der Waals surface area contributed by atoms with Gasteiger partial charge in [0.1, 0.15) is 5.82 Å². The summed E-state index contributed by atoms with van der Waals surface area (Å²) in [6, 6.07) is 4.66. The summed E-state index contributed by atoms with van der Waals surface area (Å²) in [5.74, 6) is 0.950. The van der Waals surface area contributed by atoms with Crippen LogP contribution in [0.1, 0.15) is 38.7 Å². The molecule has 1 aliphatic carbocycles. The molecule has 0 spiro atoms. The summed E-state index contributed by atoms with van der Waals surface area (Å²) < 4.78 is 14.1. The maximum absolute atomic E-state index is 13.3. The topological polar surface area (TPSA) is 20.2 Å². The summed E-state index contributed by atoms with van der Waals surface area (Å²) in [5, 5.41) is 10.7. The van der Waals surface area contributed by atoms with Crippen LogP contribution in [0.15, 0.2) is 22.7 Å². The molecule has 1 aromatic rings. The third-order valence-electron chi connectivity index (χ3n) is 4.27. The Labute approximate surface area is 117 Å². The molecule has 1 saturated carbocycles. The number of benzene rings is 1. The number of rotatable bonds is 2. The highest BCUT2D eigenvalue weighted by atomic mass is 79.9. The van der Waals surface area contributed by atoms with E-state index < -0.39 is 5.60 Å². The third-order valence-corrected chi connectivity index (χ3v) is 5.04. The van der Waals surface area contributed by atoms with Crippen molar-refractivity contribution in [3.63, 3.8) is 0 Å². The molecular weight excluding hydrogens is 295 g/mol. The van der Waals surface area contributed by atoms with Gasteiger partial charge in [-0.1, -0.05) is 29.8 Å². The Morgan fingerprint density at radius 1 is 1.39 bits per heavy atom. The molecule has 1 fully saturated rings. The van der Waals surface area contributed by atoms with Gasteiger partial charge in [-0.05, 0) is 54.9 Å². The monoisotopic (exact) mass is 314 g/mol. The van der Waals surface area contributed by atoms with E-state index in [-0.39, 0.29) is 5.82 Å². The lowest BCUT2D eigenvalue weighted by molar-refractivity contribution is -0.0281. The summed E-state index contributed by atoms with van der Waals surface area (Å²) in [5.41, 5.74) is 0.182.